The standard InChI is InChI=1S/C21H29N3O2/c1-5-17(16-8-7-9-16)18(6-2)26-21(3,4)24-20(25)13-11-15-10-12-19(22)23-14-15/h5,10-14,16H,1,6-9H2,2-4H3,(H2,22,23)(H,24,25)/b13-11+,18-17-. The lowest BCUT2D eigenvalue weighted by molar-refractivity contribution is -0.123. The van der Waals surface area contributed by atoms with E-state index in [9.17, 15) is 4.79 Å². The zero-order chi connectivity index (χ0) is 19.2. The van der Waals surface area contributed by atoms with Crippen LogP contribution in [-0.2, 0) is 9.53 Å². The molecule has 2 rings (SSSR count). The molecule has 0 aliphatic heterocycles. The molecule has 0 atom stereocenters. The first-order valence-corrected chi connectivity index (χ1v) is 9.11. The summed E-state index contributed by atoms with van der Waals surface area (Å²) in [6.07, 6.45) is 11.1. The van der Waals surface area contributed by atoms with E-state index in [0.29, 0.717) is 11.7 Å². The van der Waals surface area contributed by atoms with Crippen LogP contribution >= 0.6 is 0 Å². The molecule has 1 aromatic rings. The molecule has 0 unspecified atom stereocenters. The van der Waals surface area contributed by atoms with E-state index in [4.69, 9.17) is 10.5 Å². The molecule has 1 heterocycles. The summed E-state index contributed by atoms with van der Waals surface area (Å²) >= 11 is 0. The number of nitrogen functional groups attached to an aromatic ring is 1. The molecular formula is C21H29N3O2. The highest BCUT2D eigenvalue weighted by Gasteiger charge is 2.27. The molecule has 0 aromatic carbocycles. The minimum Gasteiger partial charge on any atom is -0.473 e. The number of nitrogens with two attached hydrogens (primary N) is 1. The van der Waals surface area contributed by atoms with Gasteiger partial charge in [0, 0.05) is 18.7 Å². The molecule has 3 N–H and O–H groups in total. The van der Waals surface area contributed by atoms with Gasteiger partial charge in [0.05, 0.1) is 0 Å². The van der Waals surface area contributed by atoms with Crippen molar-refractivity contribution in [1.29, 1.82) is 0 Å². The quantitative estimate of drug-likeness (QED) is 0.317. The van der Waals surface area contributed by atoms with Crippen LogP contribution in [0.25, 0.3) is 6.08 Å². The van der Waals surface area contributed by atoms with Gasteiger partial charge in [-0.05, 0) is 62.0 Å². The number of nitrogens with zero attached hydrogens (tertiary/aromatic N) is 1. The summed E-state index contributed by atoms with van der Waals surface area (Å²) in [5.74, 6) is 1.66. The SMILES string of the molecule is C=C/C(=C(\CC)OC(C)(C)NC(=O)/C=C/c1ccc(N)nc1)C1CCC1. The highest BCUT2D eigenvalue weighted by Crippen LogP contribution is 2.36. The normalized spacial score (nSPS) is 16.0. The number of aromatic nitrogens is 1. The molecule has 5 heteroatoms. The lowest BCUT2D eigenvalue weighted by atomic mass is 9.79. The van der Waals surface area contributed by atoms with Crippen LogP contribution < -0.4 is 11.1 Å². The minimum absolute atomic E-state index is 0.230. The molecule has 1 aliphatic rings. The summed E-state index contributed by atoms with van der Waals surface area (Å²) < 4.78 is 6.15. The van der Waals surface area contributed by atoms with E-state index in [2.05, 4.69) is 23.8 Å². The number of carbonyl (C=O) groups excluding carboxylic acids is 1. The molecule has 26 heavy (non-hydrogen) atoms. The predicted octanol–water partition coefficient (Wildman–Crippen LogP) is 4.20. The van der Waals surface area contributed by atoms with Gasteiger partial charge in [0.15, 0.2) is 5.72 Å². The number of nitrogens with one attached hydrogen (secondary N) is 1. The number of hydrogen-bond acceptors (Lipinski definition) is 4. The Morgan fingerprint density at radius 3 is 2.69 bits per heavy atom. The fraction of sp³-hybridized carbons (Fsp3) is 0.429. The average Bonchev–Trinajstić information content (AvgIpc) is 2.55. The van der Waals surface area contributed by atoms with Crippen LogP contribution in [0.15, 0.2) is 48.4 Å². The van der Waals surface area contributed by atoms with Gasteiger partial charge in [0.25, 0.3) is 0 Å². The maximum atomic E-state index is 12.3. The van der Waals surface area contributed by atoms with Crippen LogP contribution in [0.4, 0.5) is 5.82 Å². The van der Waals surface area contributed by atoms with Gasteiger partial charge in [-0.3, -0.25) is 4.79 Å². The van der Waals surface area contributed by atoms with Crippen molar-refractivity contribution in [1.82, 2.24) is 10.3 Å². The van der Waals surface area contributed by atoms with E-state index in [1.807, 2.05) is 19.9 Å². The van der Waals surface area contributed by atoms with Crippen molar-refractivity contribution in [2.24, 2.45) is 5.92 Å². The fourth-order valence-electron chi connectivity index (χ4n) is 2.92. The summed E-state index contributed by atoms with van der Waals surface area (Å²) in [5.41, 5.74) is 6.72. The maximum absolute atomic E-state index is 12.3. The number of carbonyl (C=O) groups is 1. The summed E-state index contributed by atoms with van der Waals surface area (Å²) in [7, 11) is 0. The Bertz CT molecular complexity index is 698. The van der Waals surface area contributed by atoms with E-state index >= 15 is 0 Å². The molecule has 1 aromatic heterocycles. The lowest BCUT2D eigenvalue weighted by Crippen LogP contribution is -2.45. The monoisotopic (exact) mass is 355 g/mol. The number of ether oxygens (including phenoxy) is 1. The Morgan fingerprint density at radius 2 is 2.19 bits per heavy atom. The fourth-order valence-corrected chi connectivity index (χ4v) is 2.92. The van der Waals surface area contributed by atoms with Gasteiger partial charge in [-0.25, -0.2) is 4.98 Å². The molecule has 1 fully saturated rings. The maximum Gasteiger partial charge on any atom is 0.246 e. The second-order valence-electron chi connectivity index (χ2n) is 7.02. The zero-order valence-electron chi connectivity index (χ0n) is 15.9. The van der Waals surface area contributed by atoms with Crippen molar-refractivity contribution >= 4 is 17.8 Å². The summed E-state index contributed by atoms with van der Waals surface area (Å²) in [4.78, 5) is 16.2. The third kappa shape index (κ3) is 5.48. The van der Waals surface area contributed by atoms with Crippen LogP contribution in [0.5, 0.6) is 0 Å². The Morgan fingerprint density at radius 1 is 1.46 bits per heavy atom. The third-order valence-corrected chi connectivity index (χ3v) is 4.45. The molecule has 0 spiro atoms. The van der Waals surface area contributed by atoms with Gasteiger partial charge in [-0.2, -0.15) is 0 Å². The molecule has 0 bridgehead atoms. The smallest absolute Gasteiger partial charge is 0.246 e. The second-order valence-corrected chi connectivity index (χ2v) is 7.02. The van der Waals surface area contributed by atoms with E-state index in [1.165, 1.54) is 30.9 Å². The first-order chi connectivity index (χ1) is 12.3. The molecule has 1 amide bonds. The topological polar surface area (TPSA) is 77.2 Å². The number of anilines is 1. The van der Waals surface area contributed by atoms with Gasteiger partial charge in [-0.1, -0.05) is 26.0 Å². The van der Waals surface area contributed by atoms with Gasteiger partial charge in [0.1, 0.15) is 11.6 Å². The molecule has 1 saturated carbocycles. The van der Waals surface area contributed by atoms with Crippen molar-refractivity contribution < 1.29 is 9.53 Å². The third-order valence-electron chi connectivity index (χ3n) is 4.45. The Balaban J connectivity index is 2.01. The first-order valence-electron chi connectivity index (χ1n) is 9.11. The number of allylic oxidation sites excluding steroid dienone is 3. The Hall–Kier alpha value is -2.56. The largest absolute Gasteiger partial charge is 0.473 e. The number of pyridine rings is 1. The van der Waals surface area contributed by atoms with E-state index in [-0.39, 0.29) is 5.91 Å². The van der Waals surface area contributed by atoms with Crippen LogP contribution in [0, 0.1) is 5.92 Å². The Kier molecular flexibility index (Phi) is 6.61. The van der Waals surface area contributed by atoms with Crippen LogP contribution in [0.1, 0.15) is 52.0 Å². The van der Waals surface area contributed by atoms with Crippen LogP contribution in [-0.4, -0.2) is 16.6 Å². The molecule has 0 saturated heterocycles. The number of hydrogen-bond donors (Lipinski definition) is 2. The van der Waals surface area contributed by atoms with Crippen LogP contribution in [0.2, 0.25) is 0 Å². The van der Waals surface area contributed by atoms with Crippen LogP contribution in [0.3, 0.4) is 0 Å². The summed E-state index contributed by atoms with van der Waals surface area (Å²) in [5, 5.41) is 2.90. The van der Waals surface area contributed by atoms with E-state index < -0.39 is 5.72 Å². The predicted molar refractivity (Wildman–Crippen MR) is 106 cm³/mol. The first kappa shape index (κ1) is 19.8. The molecular weight excluding hydrogens is 326 g/mol. The van der Waals surface area contributed by atoms with Crippen molar-refractivity contribution in [3.8, 4) is 0 Å². The number of rotatable bonds is 8. The van der Waals surface area contributed by atoms with Crippen molar-refractivity contribution in [3.05, 3.63) is 54.0 Å². The highest BCUT2D eigenvalue weighted by molar-refractivity contribution is 5.92. The lowest BCUT2D eigenvalue weighted by Gasteiger charge is -2.33. The van der Waals surface area contributed by atoms with E-state index in [0.717, 1.165) is 17.7 Å². The van der Waals surface area contributed by atoms with Crippen molar-refractivity contribution in [2.75, 3.05) is 5.73 Å². The van der Waals surface area contributed by atoms with E-state index in [1.54, 1.807) is 24.4 Å². The molecule has 140 valence electrons. The minimum atomic E-state index is -0.815. The molecule has 0 radical (unpaired) electrons. The average molecular weight is 355 g/mol. The summed E-state index contributed by atoms with van der Waals surface area (Å²) in [6, 6.07) is 3.50. The second kappa shape index (κ2) is 8.70. The van der Waals surface area contributed by atoms with Gasteiger partial charge in [0.2, 0.25) is 5.91 Å². The van der Waals surface area contributed by atoms with Crippen molar-refractivity contribution in [3.63, 3.8) is 0 Å². The van der Waals surface area contributed by atoms with Crippen molar-refractivity contribution in [2.45, 2.75) is 52.2 Å². The molecule has 1 aliphatic carbocycles. The van der Waals surface area contributed by atoms with Gasteiger partial charge >= 0.3 is 0 Å². The van der Waals surface area contributed by atoms with Gasteiger partial charge in [-0.15, -0.1) is 0 Å². The zero-order valence-corrected chi connectivity index (χ0v) is 15.9. The highest BCUT2D eigenvalue weighted by atomic mass is 16.5. The summed E-state index contributed by atoms with van der Waals surface area (Å²) in [6.45, 7) is 9.70. The van der Waals surface area contributed by atoms with Gasteiger partial charge < -0.3 is 15.8 Å². The number of amides is 1. The molecule has 5 nitrogen and oxygen atoms in total. The Labute approximate surface area is 156 Å².